The summed E-state index contributed by atoms with van der Waals surface area (Å²) < 4.78 is 0. The normalized spacial score (nSPS) is 14.4. The van der Waals surface area contributed by atoms with Crippen LogP contribution in [0.15, 0.2) is 42.6 Å². The Morgan fingerprint density at radius 1 is 1.04 bits per heavy atom. The van der Waals surface area contributed by atoms with Crippen LogP contribution in [-0.4, -0.2) is 22.8 Å². The minimum absolute atomic E-state index is 0.144. The lowest BCUT2D eigenvalue weighted by Gasteiger charge is -2.12. The highest BCUT2D eigenvalue weighted by atomic mass is 16.2. The molecular formula is C21H25N3O2. The van der Waals surface area contributed by atoms with Gasteiger partial charge in [-0.15, -0.1) is 0 Å². The molecule has 136 valence electrons. The number of amides is 2. The van der Waals surface area contributed by atoms with Gasteiger partial charge in [-0.2, -0.15) is 0 Å². The molecule has 5 nitrogen and oxygen atoms in total. The van der Waals surface area contributed by atoms with Crippen molar-refractivity contribution in [2.24, 2.45) is 0 Å². The third-order valence-electron chi connectivity index (χ3n) is 4.78. The molecule has 0 aliphatic heterocycles. The molecule has 2 aromatic rings. The van der Waals surface area contributed by atoms with Crippen molar-refractivity contribution in [1.29, 1.82) is 0 Å². The number of rotatable bonds is 5. The second-order valence-electron chi connectivity index (χ2n) is 7.12. The van der Waals surface area contributed by atoms with Crippen LogP contribution < -0.4 is 10.6 Å². The zero-order valence-corrected chi connectivity index (χ0v) is 15.3. The Kier molecular flexibility index (Phi) is 5.66. The molecule has 0 radical (unpaired) electrons. The number of pyridine rings is 1. The van der Waals surface area contributed by atoms with Crippen LogP contribution in [0.4, 0.5) is 5.69 Å². The summed E-state index contributed by atoms with van der Waals surface area (Å²) in [7, 11) is 0. The summed E-state index contributed by atoms with van der Waals surface area (Å²) in [4.78, 5) is 28.9. The first-order chi connectivity index (χ1) is 12.5. The monoisotopic (exact) mass is 351 g/mol. The van der Waals surface area contributed by atoms with Gasteiger partial charge in [0.15, 0.2) is 0 Å². The standard InChI is InChI=1S/C21H25N3O2/c1-14(2)15-7-9-18(10-8-15)24-21(26)19-13-16(11-12-22-19)20(25)23-17-5-3-4-6-17/h7-14,17H,3-6H2,1-2H3,(H,23,25)(H,24,26). The number of hydrogen-bond donors (Lipinski definition) is 2. The quantitative estimate of drug-likeness (QED) is 0.851. The van der Waals surface area contributed by atoms with Gasteiger partial charge in [-0.05, 0) is 48.6 Å². The fraction of sp³-hybridized carbons (Fsp3) is 0.381. The van der Waals surface area contributed by atoms with Gasteiger partial charge in [0.05, 0.1) is 0 Å². The molecule has 2 amide bonds. The molecule has 1 aliphatic rings. The number of benzene rings is 1. The summed E-state index contributed by atoms with van der Waals surface area (Å²) >= 11 is 0. The number of carbonyl (C=O) groups excluding carboxylic acids is 2. The van der Waals surface area contributed by atoms with Crippen LogP contribution in [0.5, 0.6) is 0 Å². The van der Waals surface area contributed by atoms with Gasteiger partial charge in [-0.1, -0.05) is 38.8 Å². The van der Waals surface area contributed by atoms with Gasteiger partial charge >= 0.3 is 0 Å². The van der Waals surface area contributed by atoms with E-state index in [2.05, 4.69) is 29.5 Å². The lowest BCUT2D eigenvalue weighted by atomic mass is 10.0. The fourth-order valence-electron chi connectivity index (χ4n) is 3.18. The Bertz CT molecular complexity index is 778. The molecule has 1 heterocycles. The Morgan fingerprint density at radius 3 is 2.38 bits per heavy atom. The number of nitrogens with one attached hydrogen (secondary N) is 2. The number of carbonyl (C=O) groups is 2. The molecule has 3 rings (SSSR count). The van der Waals surface area contributed by atoms with E-state index in [4.69, 9.17) is 0 Å². The van der Waals surface area contributed by atoms with Crippen molar-refractivity contribution in [2.75, 3.05) is 5.32 Å². The average molecular weight is 351 g/mol. The fourth-order valence-corrected chi connectivity index (χ4v) is 3.18. The summed E-state index contributed by atoms with van der Waals surface area (Å²) in [6, 6.07) is 11.2. The molecule has 5 heteroatoms. The van der Waals surface area contributed by atoms with E-state index in [0.717, 1.165) is 25.7 Å². The van der Waals surface area contributed by atoms with Gasteiger partial charge in [0, 0.05) is 23.5 Å². The minimum atomic E-state index is -0.321. The van der Waals surface area contributed by atoms with Crippen LogP contribution in [0.25, 0.3) is 0 Å². The highest BCUT2D eigenvalue weighted by Crippen LogP contribution is 2.19. The summed E-state index contributed by atoms with van der Waals surface area (Å²) in [6.07, 6.45) is 5.86. The highest BCUT2D eigenvalue weighted by molar-refractivity contribution is 6.04. The van der Waals surface area contributed by atoms with Crippen LogP contribution in [0, 0.1) is 0 Å². The number of hydrogen-bond acceptors (Lipinski definition) is 3. The van der Waals surface area contributed by atoms with Crippen molar-refractivity contribution in [3.05, 3.63) is 59.4 Å². The van der Waals surface area contributed by atoms with E-state index in [1.807, 2.05) is 24.3 Å². The van der Waals surface area contributed by atoms with Crippen LogP contribution in [0.1, 0.15) is 71.9 Å². The zero-order valence-electron chi connectivity index (χ0n) is 15.3. The maximum atomic E-state index is 12.4. The molecule has 1 aliphatic carbocycles. The van der Waals surface area contributed by atoms with E-state index in [0.29, 0.717) is 17.2 Å². The average Bonchev–Trinajstić information content (AvgIpc) is 3.15. The Balaban J connectivity index is 1.66. The topological polar surface area (TPSA) is 71.1 Å². The lowest BCUT2D eigenvalue weighted by molar-refractivity contribution is 0.0937. The maximum Gasteiger partial charge on any atom is 0.274 e. The second-order valence-corrected chi connectivity index (χ2v) is 7.12. The van der Waals surface area contributed by atoms with Crippen LogP contribution >= 0.6 is 0 Å². The van der Waals surface area contributed by atoms with Crippen molar-refractivity contribution in [2.45, 2.75) is 51.5 Å². The van der Waals surface area contributed by atoms with Crippen molar-refractivity contribution in [3.8, 4) is 0 Å². The Morgan fingerprint density at radius 2 is 1.73 bits per heavy atom. The molecule has 26 heavy (non-hydrogen) atoms. The van der Waals surface area contributed by atoms with E-state index >= 15 is 0 Å². The highest BCUT2D eigenvalue weighted by Gasteiger charge is 2.19. The predicted octanol–water partition coefficient (Wildman–Crippen LogP) is 4.13. The smallest absolute Gasteiger partial charge is 0.274 e. The summed E-state index contributed by atoms with van der Waals surface area (Å²) in [5, 5.41) is 5.86. The van der Waals surface area contributed by atoms with Gasteiger partial charge in [0.25, 0.3) is 11.8 Å². The van der Waals surface area contributed by atoms with Crippen molar-refractivity contribution < 1.29 is 9.59 Å². The number of aromatic nitrogens is 1. The minimum Gasteiger partial charge on any atom is -0.349 e. The number of nitrogens with zero attached hydrogens (tertiary/aromatic N) is 1. The van der Waals surface area contributed by atoms with Crippen molar-refractivity contribution in [3.63, 3.8) is 0 Å². The van der Waals surface area contributed by atoms with Crippen molar-refractivity contribution >= 4 is 17.5 Å². The molecule has 0 unspecified atom stereocenters. The largest absolute Gasteiger partial charge is 0.349 e. The van der Waals surface area contributed by atoms with Crippen LogP contribution in [-0.2, 0) is 0 Å². The van der Waals surface area contributed by atoms with E-state index in [1.165, 1.54) is 11.8 Å². The SMILES string of the molecule is CC(C)c1ccc(NC(=O)c2cc(C(=O)NC3CCCC3)ccn2)cc1. The molecule has 0 spiro atoms. The van der Waals surface area contributed by atoms with E-state index in [9.17, 15) is 9.59 Å². The third-order valence-corrected chi connectivity index (χ3v) is 4.78. The summed E-state index contributed by atoms with van der Waals surface area (Å²) in [5.41, 5.74) is 2.62. The first kappa shape index (κ1) is 18.1. The molecule has 1 aromatic heterocycles. The Hall–Kier alpha value is -2.69. The molecule has 1 saturated carbocycles. The summed E-state index contributed by atoms with van der Waals surface area (Å²) in [6.45, 7) is 4.25. The lowest BCUT2D eigenvalue weighted by Crippen LogP contribution is -2.32. The van der Waals surface area contributed by atoms with E-state index in [1.54, 1.807) is 12.1 Å². The second kappa shape index (κ2) is 8.13. The molecule has 0 atom stereocenters. The molecule has 1 fully saturated rings. The molecule has 1 aromatic carbocycles. The van der Waals surface area contributed by atoms with Crippen LogP contribution in [0.3, 0.4) is 0 Å². The van der Waals surface area contributed by atoms with Gasteiger partial charge in [0.2, 0.25) is 0 Å². The first-order valence-corrected chi connectivity index (χ1v) is 9.21. The Labute approximate surface area is 154 Å². The van der Waals surface area contributed by atoms with E-state index in [-0.39, 0.29) is 23.6 Å². The maximum absolute atomic E-state index is 12.4. The summed E-state index contributed by atoms with van der Waals surface area (Å²) in [5.74, 6) is -0.0241. The molecule has 2 N–H and O–H groups in total. The van der Waals surface area contributed by atoms with Gasteiger partial charge in [-0.3, -0.25) is 14.6 Å². The molecule has 0 bridgehead atoms. The molecular weight excluding hydrogens is 326 g/mol. The first-order valence-electron chi connectivity index (χ1n) is 9.21. The van der Waals surface area contributed by atoms with Crippen molar-refractivity contribution in [1.82, 2.24) is 10.3 Å². The predicted molar refractivity (Wildman–Crippen MR) is 102 cm³/mol. The third kappa shape index (κ3) is 4.48. The van der Waals surface area contributed by atoms with Crippen LogP contribution in [0.2, 0.25) is 0 Å². The number of anilines is 1. The zero-order chi connectivity index (χ0) is 18.5. The van der Waals surface area contributed by atoms with E-state index < -0.39 is 0 Å². The van der Waals surface area contributed by atoms with Gasteiger partial charge in [-0.25, -0.2) is 0 Å². The van der Waals surface area contributed by atoms with Gasteiger partial charge in [0.1, 0.15) is 5.69 Å². The molecule has 0 saturated heterocycles. The van der Waals surface area contributed by atoms with Gasteiger partial charge < -0.3 is 10.6 Å².